The van der Waals surface area contributed by atoms with Crippen molar-refractivity contribution >= 4 is 24.9 Å². The Morgan fingerprint density at radius 3 is 1.52 bits per heavy atom. The average Bonchev–Trinajstić information content (AvgIpc) is 2.88. The summed E-state index contributed by atoms with van der Waals surface area (Å²) >= 11 is 0. The molecule has 0 aromatic heterocycles. The molecule has 3 rings (SSSR count). The highest BCUT2D eigenvalue weighted by atomic mass is 28.3. The quantitative estimate of drug-likeness (QED) is 0.788. The molecule has 1 saturated heterocycles. The Morgan fingerprint density at radius 2 is 1.14 bits per heavy atom. The Hall–Kier alpha value is -1.36. The van der Waals surface area contributed by atoms with Gasteiger partial charge in [0.05, 0.1) is 0 Å². The van der Waals surface area contributed by atoms with Gasteiger partial charge in [-0.05, 0) is 27.2 Å². The molecule has 0 aliphatic carbocycles. The van der Waals surface area contributed by atoms with Crippen molar-refractivity contribution in [3.8, 4) is 0 Å². The Labute approximate surface area is 129 Å². The lowest BCUT2D eigenvalue weighted by molar-refractivity contribution is 0.553. The smallest absolute Gasteiger partial charge is 0.305 e. The first-order valence-electron chi connectivity index (χ1n) is 7.65. The molecule has 2 nitrogen and oxygen atoms in total. The van der Waals surface area contributed by atoms with Gasteiger partial charge in [-0.3, -0.25) is 0 Å². The summed E-state index contributed by atoms with van der Waals surface area (Å²) in [4.78, 5) is 5.07. The molecule has 1 aliphatic rings. The molecule has 0 amide bonds. The third-order valence-electron chi connectivity index (χ3n) is 4.90. The fourth-order valence-electron chi connectivity index (χ4n) is 3.81. The van der Waals surface area contributed by atoms with Crippen molar-refractivity contribution in [2.75, 3.05) is 27.2 Å². The first-order chi connectivity index (χ1) is 10.1. The van der Waals surface area contributed by atoms with Gasteiger partial charge in [0.25, 0.3) is 0 Å². The van der Waals surface area contributed by atoms with Gasteiger partial charge in [0.1, 0.15) is 7.94 Å². The molecule has 1 heterocycles. The maximum Gasteiger partial charge on any atom is 0.305 e. The molecular weight excluding hydrogens is 271 g/mol. The normalized spacial score (nSPS) is 17.4. The van der Waals surface area contributed by atoms with Crippen LogP contribution in [0.4, 0.5) is 0 Å². The summed E-state index contributed by atoms with van der Waals surface area (Å²) in [6.45, 7) is 5.34. The number of nitrogens with zero attached hydrogens (tertiary/aromatic N) is 2. The summed E-state index contributed by atoms with van der Waals surface area (Å²) in [7, 11) is 2.70. The van der Waals surface area contributed by atoms with Crippen LogP contribution in [0, 0.1) is 0 Å². The van der Waals surface area contributed by atoms with Crippen molar-refractivity contribution in [2.45, 2.75) is 6.55 Å². The maximum atomic E-state index is 2.53. The minimum atomic E-state index is -1.84. The molecule has 0 N–H and O–H groups in total. The van der Waals surface area contributed by atoms with E-state index in [1.807, 2.05) is 0 Å². The van der Waals surface area contributed by atoms with E-state index < -0.39 is 7.94 Å². The van der Waals surface area contributed by atoms with E-state index >= 15 is 0 Å². The topological polar surface area (TPSA) is 6.48 Å². The van der Waals surface area contributed by atoms with Crippen LogP contribution in [0.1, 0.15) is 0 Å². The molecule has 0 bridgehead atoms. The van der Waals surface area contributed by atoms with Crippen LogP contribution >= 0.6 is 0 Å². The molecule has 0 saturated carbocycles. The van der Waals surface area contributed by atoms with E-state index in [1.165, 1.54) is 10.4 Å². The third kappa shape index (κ3) is 2.48. The fourth-order valence-corrected chi connectivity index (χ4v) is 8.53. The molecule has 4 heteroatoms. The van der Waals surface area contributed by atoms with E-state index in [0.717, 1.165) is 13.1 Å². The molecule has 0 unspecified atom stereocenters. The second-order valence-electron chi connectivity index (χ2n) is 6.27. The van der Waals surface area contributed by atoms with Crippen molar-refractivity contribution in [1.29, 1.82) is 0 Å². The van der Waals surface area contributed by atoms with Crippen LogP contribution in [-0.2, 0) is 0 Å². The highest BCUT2D eigenvalue weighted by Gasteiger charge is 2.50. The molecule has 0 spiro atoms. The molecule has 2 aromatic carbocycles. The number of hydrogen-bond donors (Lipinski definition) is 0. The zero-order valence-electron chi connectivity index (χ0n) is 13.2. The molecule has 2 aromatic rings. The number of benzene rings is 2. The number of hydrogen-bond acceptors (Lipinski definition) is 2. The highest BCUT2D eigenvalue weighted by molar-refractivity contribution is 7.42. The van der Waals surface area contributed by atoms with Gasteiger partial charge < -0.3 is 9.62 Å². The van der Waals surface area contributed by atoms with Gasteiger partial charge in [-0.1, -0.05) is 77.6 Å². The van der Waals surface area contributed by atoms with Crippen LogP contribution in [0.5, 0.6) is 0 Å². The lowest BCUT2D eigenvalue weighted by atomic mass is 10.1. The van der Waals surface area contributed by atoms with Gasteiger partial charge in [-0.25, -0.2) is 0 Å². The summed E-state index contributed by atoms with van der Waals surface area (Å²) in [6.07, 6.45) is 0. The van der Waals surface area contributed by atoms with E-state index in [4.69, 9.17) is 0 Å². The number of rotatable bonds is 3. The minimum Gasteiger partial charge on any atom is -0.332 e. The second-order valence-corrected chi connectivity index (χ2v) is 10.3. The van der Waals surface area contributed by atoms with Gasteiger partial charge in [0, 0.05) is 0 Å². The van der Waals surface area contributed by atoms with E-state index in [-0.39, 0.29) is 0 Å². The molecule has 108 valence electrons. The number of likely N-dealkylation sites (N-methyl/N-ethyl adjacent to an activating group) is 2. The van der Waals surface area contributed by atoms with Crippen LogP contribution in [0.2, 0.25) is 6.55 Å². The summed E-state index contributed by atoms with van der Waals surface area (Å²) in [6, 6.07) is 22.2. The molecule has 1 aliphatic heterocycles. The van der Waals surface area contributed by atoms with Gasteiger partial charge in [-0.2, -0.15) is 0 Å². The van der Waals surface area contributed by atoms with Gasteiger partial charge >= 0.3 is 6.57 Å². The monoisotopic (exact) mass is 294 g/mol. The summed E-state index contributed by atoms with van der Waals surface area (Å²) in [5.41, 5.74) is 0. The van der Waals surface area contributed by atoms with Crippen LogP contribution in [0.3, 0.4) is 0 Å². The molecule has 0 radical (unpaired) electrons. The van der Waals surface area contributed by atoms with Crippen molar-refractivity contribution in [2.24, 2.45) is 0 Å². The molecular formula is C17H23BN2Si. The van der Waals surface area contributed by atoms with Crippen LogP contribution in [0.25, 0.3) is 0 Å². The minimum absolute atomic E-state index is 0.516. The zero-order chi connectivity index (χ0) is 14.9. The average molecular weight is 294 g/mol. The highest BCUT2D eigenvalue weighted by Crippen LogP contribution is 2.18. The van der Waals surface area contributed by atoms with E-state index in [2.05, 4.69) is 90.9 Å². The fraction of sp³-hybridized carbons (Fsp3) is 0.294. The lowest BCUT2D eigenvalue weighted by Crippen LogP contribution is -2.74. The Morgan fingerprint density at radius 1 is 0.762 bits per heavy atom. The predicted molar refractivity (Wildman–Crippen MR) is 94.8 cm³/mol. The van der Waals surface area contributed by atoms with Crippen molar-refractivity contribution in [3.63, 3.8) is 0 Å². The SMILES string of the molecule is CN1CCN(C)B1[Si](C)(c1ccccc1)c1ccccc1. The van der Waals surface area contributed by atoms with Crippen molar-refractivity contribution < 1.29 is 0 Å². The molecule has 0 atom stereocenters. The maximum absolute atomic E-state index is 2.53. The van der Waals surface area contributed by atoms with Crippen LogP contribution in [-0.4, -0.2) is 51.3 Å². The van der Waals surface area contributed by atoms with E-state index in [1.54, 1.807) is 0 Å². The lowest BCUT2D eigenvalue weighted by Gasteiger charge is -2.38. The summed E-state index contributed by atoms with van der Waals surface area (Å²) in [5.74, 6) is 0. The van der Waals surface area contributed by atoms with Crippen molar-refractivity contribution in [3.05, 3.63) is 60.7 Å². The first-order valence-corrected chi connectivity index (χ1v) is 10.2. The largest absolute Gasteiger partial charge is 0.332 e. The van der Waals surface area contributed by atoms with Gasteiger partial charge in [0.15, 0.2) is 0 Å². The van der Waals surface area contributed by atoms with Gasteiger partial charge in [-0.15, -0.1) is 0 Å². The Bertz CT molecular complexity index is 541. The van der Waals surface area contributed by atoms with Crippen molar-refractivity contribution in [1.82, 2.24) is 9.62 Å². The first kappa shape index (κ1) is 14.6. The zero-order valence-corrected chi connectivity index (χ0v) is 14.2. The van der Waals surface area contributed by atoms with Crippen LogP contribution < -0.4 is 10.4 Å². The molecule has 21 heavy (non-hydrogen) atoms. The van der Waals surface area contributed by atoms with Gasteiger partial charge in [0.2, 0.25) is 0 Å². The summed E-state index contributed by atoms with van der Waals surface area (Å²) < 4.78 is 0. The third-order valence-corrected chi connectivity index (χ3v) is 9.88. The Balaban J connectivity index is 2.16. The second kappa shape index (κ2) is 5.79. The molecule has 1 fully saturated rings. The Kier molecular flexibility index (Phi) is 4.02. The predicted octanol–water partition coefficient (Wildman–Crippen LogP) is 1.32. The van der Waals surface area contributed by atoms with Crippen LogP contribution in [0.15, 0.2) is 60.7 Å². The standard InChI is InChI=1S/C17H23BN2Si/c1-19-14-15-20(2)18(19)21(3,16-10-6-4-7-11-16)17-12-8-5-9-13-17/h4-13H,14-15H2,1-3H3. The van der Waals surface area contributed by atoms with E-state index in [0.29, 0.717) is 6.57 Å². The summed E-state index contributed by atoms with van der Waals surface area (Å²) in [5, 5.41) is 3.03. The van der Waals surface area contributed by atoms with E-state index in [9.17, 15) is 0 Å².